The van der Waals surface area contributed by atoms with Crippen molar-refractivity contribution in [1.82, 2.24) is 20.3 Å². The predicted molar refractivity (Wildman–Crippen MR) is 85.0 cm³/mol. The quantitative estimate of drug-likeness (QED) is 0.795. The fraction of sp³-hybridized carbons (Fsp3) is 0.429. The summed E-state index contributed by atoms with van der Waals surface area (Å²) >= 11 is 2.34. The van der Waals surface area contributed by atoms with Gasteiger partial charge in [0.05, 0.1) is 17.9 Å². The van der Waals surface area contributed by atoms with Crippen molar-refractivity contribution in [3.8, 4) is 0 Å². The Morgan fingerprint density at radius 3 is 2.89 bits per heavy atom. The molecule has 19 heavy (non-hydrogen) atoms. The summed E-state index contributed by atoms with van der Waals surface area (Å²) in [5.74, 6) is 0. The Bertz CT molecular complexity index is 524. The monoisotopic (exact) mass is 370 g/mol. The Labute approximate surface area is 127 Å². The van der Waals surface area contributed by atoms with E-state index >= 15 is 0 Å². The number of nitrogens with one attached hydrogen (secondary N) is 1. The molecule has 2 aromatic rings. The molecule has 1 unspecified atom stereocenters. The molecule has 0 aliphatic rings. The van der Waals surface area contributed by atoms with Crippen LogP contribution in [0.3, 0.4) is 0 Å². The summed E-state index contributed by atoms with van der Waals surface area (Å²) in [4.78, 5) is 0. The van der Waals surface area contributed by atoms with Crippen molar-refractivity contribution in [2.24, 2.45) is 0 Å². The van der Waals surface area contributed by atoms with E-state index in [0.29, 0.717) is 0 Å². The largest absolute Gasteiger partial charge is 0.305 e. The summed E-state index contributed by atoms with van der Waals surface area (Å²) in [6.07, 6.45) is 2.92. The highest BCUT2D eigenvalue weighted by atomic mass is 127. The van der Waals surface area contributed by atoms with Crippen molar-refractivity contribution in [3.05, 3.63) is 45.3 Å². The van der Waals surface area contributed by atoms with E-state index < -0.39 is 0 Å². The second-order valence-electron chi connectivity index (χ2n) is 4.43. The lowest BCUT2D eigenvalue weighted by atomic mass is 10.0. The molecule has 0 spiro atoms. The van der Waals surface area contributed by atoms with Crippen molar-refractivity contribution in [1.29, 1.82) is 0 Å². The Balaban J connectivity index is 2.36. The lowest BCUT2D eigenvalue weighted by Gasteiger charge is -2.19. The molecule has 0 bridgehead atoms. The van der Waals surface area contributed by atoms with Crippen molar-refractivity contribution in [2.75, 3.05) is 6.54 Å². The molecule has 5 heteroatoms. The average molecular weight is 370 g/mol. The van der Waals surface area contributed by atoms with Gasteiger partial charge in [0.1, 0.15) is 0 Å². The van der Waals surface area contributed by atoms with E-state index in [2.05, 4.69) is 76.3 Å². The summed E-state index contributed by atoms with van der Waals surface area (Å²) in [7, 11) is 0. The van der Waals surface area contributed by atoms with Crippen molar-refractivity contribution in [2.45, 2.75) is 32.9 Å². The lowest BCUT2D eigenvalue weighted by molar-refractivity contribution is 0.511. The van der Waals surface area contributed by atoms with Gasteiger partial charge in [-0.3, -0.25) is 0 Å². The number of nitrogens with zero attached hydrogens (tertiary/aromatic N) is 3. The van der Waals surface area contributed by atoms with Crippen LogP contribution in [0.4, 0.5) is 0 Å². The fourth-order valence-electron chi connectivity index (χ4n) is 2.16. The molecule has 0 amide bonds. The number of aryl methyl sites for hydroxylation is 1. The first kappa shape index (κ1) is 14.5. The Morgan fingerprint density at radius 2 is 2.21 bits per heavy atom. The van der Waals surface area contributed by atoms with Crippen LogP contribution in [0.5, 0.6) is 0 Å². The van der Waals surface area contributed by atoms with Crippen LogP contribution in [-0.4, -0.2) is 21.5 Å². The van der Waals surface area contributed by atoms with E-state index in [9.17, 15) is 0 Å². The molecule has 0 radical (unpaired) electrons. The number of aromatic nitrogens is 3. The van der Waals surface area contributed by atoms with Crippen LogP contribution in [0.2, 0.25) is 0 Å². The molecule has 102 valence electrons. The highest BCUT2D eigenvalue weighted by Gasteiger charge is 2.18. The van der Waals surface area contributed by atoms with Gasteiger partial charge in [-0.15, -0.1) is 5.10 Å². The van der Waals surface area contributed by atoms with Crippen LogP contribution in [0.15, 0.2) is 30.5 Å². The van der Waals surface area contributed by atoms with Gasteiger partial charge >= 0.3 is 0 Å². The lowest BCUT2D eigenvalue weighted by Crippen LogP contribution is -2.25. The number of halogens is 1. The molecule has 0 aliphatic carbocycles. The zero-order chi connectivity index (χ0) is 13.7. The topological polar surface area (TPSA) is 42.7 Å². The van der Waals surface area contributed by atoms with Gasteiger partial charge in [0, 0.05) is 10.1 Å². The molecule has 1 atom stereocenters. The van der Waals surface area contributed by atoms with E-state index in [0.717, 1.165) is 25.2 Å². The van der Waals surface area contributed by atoms with Crippen molar-refractivity contribution in [3.63, 3.8) is 0 Å². The van der Waals surface area contributed by atoms with Crippen LogP contribution in [-0.2, 0) is 6.54 Å². The predicted octanol–water partition coefficient (Wildman–Crippen LogP) is 2.99. The maximum atomic E-state index is 4.18. The molecule has 0 aliphatic heterocycles. The summed E-state index contributed by atoms with van der Waals surface area (Å²) in [5, 5.41) is 11.8. The van der Waals surface area contributed by atoms with Crippen molar-refractivity contribution >= 4 is 22.6 Å². The first-order valence-electron chi connectivity index (χ1n) is 6.63. The zero-order valence-electron chi connectivity index (χ0n) is 11.3. The van der Waals surface area contributed by atoms with E-state index in [1.54, 1.807) is 0 Å². The molecule has 0 fully saturated rings. The third kappa shape index (κ3) is 3.54. The van der Waals surface area contributed by atoms with Crippen LogP contribution in [0, 0.1) is 3.57 Å². The third-order valence-electron chi connectivity index (χ3n) is 2.97. The Morgan fingerprint density at radius 1 is 1.37 bits per heavy atom. The molecule has 1 heterocycles. The maximum Gasteiger partial charge on any atom is 0.0801 e. The van der Waals surface area contributed by atoms with E-state index in [1.165, 1.54) is 9.13 Å². The fourth-order valence-corrected chi connectivity index (χ4v) is 2.73. The van der Waals surface area contributed by atoms with Gasteiger partial charge < -0.3 is 5.32 Å². The molecular weight excluding hydrogens is 351 g/mol. The summed E-state index contributed by atoms with van der Waals surface area (Å²) in [6, 6.07) is 8.71. The number of hydrogen-bond acceptors (Lipinski definition) is 3. The summed E-state index contributed by atoms with van der Waals surface area (Å²) in [5.41, 5.74) is 2.39. The normalized spacial score (nSPS) is 12.6. The first-order valence-corrected chi connectivity index (χ1v) is 7.71. The number of rotatable bonds is 6. The Kier molecular flexibility index (Phi) is 5.33. The molecule has 1 aromatic heterocycles. The molecule has 4 nitrogen and oxygen atoms in total. The number of benzene rings is 1. The minimum absolute atomic E-state index is 0.154. The summed E-state index contributed by atoms with van der Waals surface area (Å²) < 4.78 is 3.24. The second kappa shape index (κ2) is 7.00. The summed E-state index contributed by atoms with van der Waals surface area (Å²) in [6.45, 7) is 6.09. The van der Waals surface area contributed by atoms with Crippen LogP contribution < -0.4 is 5.32 Å². The Hall–Kier alpha value is -0.950. The van der Waals surface area contributed by atoms with Gasteiger partial charge in [-0.25, -0.2) is 4.68 Å². The minimum Gasteiger partial charge on any atom is -0.305 e. The van der Waals surface area contributed by atoms with Crippen LogP contribution >= 0.6 is 22.6 Å². The zero-order valence-corrected chi connectivity index (χ0v) is 13.5. The van der Waals surface area contributed by atoms with Gasteiger partial charge in [-0.05, 0) is 53.3 Å². The number of hydrogen-bond donors (Lipinski definition) is 1. The van der Waals surface area contributed by atoms with Crippen LogP contribution in [0.1, 0.15) is 37.6 Å². The van der Waals surface area contributed by atoms with Crippen molar-refractivity contribution < 1.29 is 0 Å². The van der Waals surface area contributed by atoms with Gasteiger partial charge in [0.2, 0.25) is 0 Å². The molecule has 0 saturated heterocycles. The van der Waals surface area contributed by atoms with E-state index in [1.807, 2.05) is 10.9 Å². The third-order valence-corrected chi connectivity index (χ3v) is 3.64. The standard InChI is InChI=1S/C14H19IN4/c1-3-8-19-13(10-17-18-19)14(16-4-2)11-6-5-7-12(15)9-11/h5-7,9-10,14,16H,3-4,8H2,1-2H3. The second-order valence-corrected chi connectivity index (χ2v) is 5.67. The van der Waals surface area contributed by atoms with Gasteiger partial charge in [0.15, 0.2) is 0 Å². The molecule has 1 aromatic carbocycles. The van der Waals surface area contributed by atoms with Gasteiger partial charge in [-0.2, -0.15) is 0 Å². The first-order chi connectivity index (χ1) is 9.26. The molecule has 2 rings (SSSR count). The average Bonchev–Trinajstić information content (AvgIpc) is 2.84. The minimum atomic E-state index is 0.154. The highest BCUT2D eigenvalue weighted by Crippen LogP contribution is 2.22. The maximum absolute atomic E-state index is 4.18. The van der Waals surface area contributed by atoms with E-state index in [-0.39, 0.29) is 6.04 Å². The van der Waals surface area contributed by atoms with Gasteiger partial charge in [-0.1, -0.05) is 31.2 Å². The van der Waals surface area contributed by atoms with Crippen LogP contribution in [0.25, 0.3) is 0 Å². The molecule has 1 N–H and O–H groups in total. The SMILES string of the molecule is CCCn1nncc1C(NCC)c1cccc(I)c1. The van der Waals surface area contributed by atoms with E-state index in [4.69, 9.17) is 0 Å². The molecule has 0 saturated carbocycles. The highest BCUT2D eigenvalue weighted by molar-refractivity contribution is 14.1. The van der Waals surface area contributed by atoms with Gasteiger partial charge in [0.25, 0.3) is 0 Å². The smallest absolute Gasteiger partial charge is 0.0801 e. The molecular formula is C14H19IN4.